The first-order chi connectivity index (χ1) is 9.80. The summed E-state index contributed by atoms with van der Waals surface area (Å²) in [5, 5.41) is 3.52. The summed E-state index contributed by atoms with van der Waals surface area (Å²) in [6.45, 7) is 4.24. The topological polar surface area (TPSA) is 30.5 Å². The third kappa shape index (κ3) is 3.45. The molecule has 0 bridgehead atoms. The third-order valence-corrected chi connectivity index (χ3v) is 4.42. The van der Waals surface area contributed by atoms with Crippen LogP contribution in [0.1, 0.15) is 44.1 Å². The van der Waals surface area contributed by atoms with Crippen LogP contribution in [0.3, 0.4) is 0 Å². The zero-order valence-electron chi connectivity index (χ0n) is 12.9. The largest absolute Gasteiger partial charge is 0.493 e. The summed E-state index contributed by atoms with van der Waals surface area (Å²) in [7, 11) is 3.39. The number of ether oxygens (including phenoxy) is 2. The summed E-state index contributed by atoms with van der Waals surface area (Å²) < 4.78 is 10.8. The number of rotatable bonds is 7. The highest BCUT2D eigenvalue weighted by Crippen LogP contribution is 2.39. The van der Waals surface area contributed by atoms with Gasteiger partial charge in [-0.2, -0.15) is 0 Å². The summed E-state index contributed by atoms with van der Waals surface area (Å²) in [6.07, 6.45) is 5.45. The minimum absolute atomic E-state index is 0.581. The van der Waals surface area contributed by atoms with E-state index >= 15 is 0 Å². The highest BCUT2D eigenvalue weighted by Gasteiger charge is 2.26. The molecule has 0 aliphatic heterocycles. The van der Waals surface area contributed by atoms with Gasteiger partial charge in [0.25, 0.3) is 0 Å². The lowest BCUT2D eigenvalue weighted by Crippen LogP contribution is -2.25. The Hall–Kier alpha value is -1.22. The molecular formula is C17H27NO2. The molecule has 0 aromatic heterocycles. The number of hydrogen-bond acceptors (Lipinski definition) is 3. The van der Waals surface area contributed by atoms with Crippen molar-refractivity contribution in [2.75, 3.05) is 27.3 Å². The Labute approximate surface area is 122 Å². The zero-order valence-corrected chi connectivity index (χ0v) is 12.9. The van der Waals surface area contributed by atoms with Gasteiger partial charge in [0.15, 0.2) is 11.5 Å². The molecule has 1 aromatic rings. The average molecular weight is 277 g/mol. The van der Waals surface area contributed by atoms with Crippen LogP contribution in [0, 0.1) is 5.92 Å². The van der Waals surface area contributed by atoms with Crippen molar-refractivity contribution in [2.45, 2.75) is 38.5 Å². The van der Waals surface area contributed by atoms with Crippen LogP contribution in [-0.2, 0) is 0 Å². The summed E-state index contributed by atoms with van der Waals surface area (Å²) >= 11 is 0. The van der Waals surface area contributed by atoms with E-state index in [4.69, 9.17) is 9.47 Å². The molecule has 112 valence electrons. The second-order valence-corrected chi connectivity index (χ2v) is 5.57. The van der Waals surface area contributed by atoms with E-state index in [1.807, 2.05) is 6.07 Å². The quantitative estimate of drug-likeness (QED) is 0.826. The van der Waals surface area contributed by atoms with Gasteiger partial charge in [-0.3, -0.25) is 0 Å². The molecular weight excluding hydrogens is 250 g/mol. The first-order valence-electron chi connectivity index (χ1n) is 7.72. The summed E-state index contributed by atoms with van der Waals surface area (Å²) in [5.74, 6) is 3.03. The second kappa shape index (κ2) is 7.53. The summed E-state index contributed by atoms with van der Waals surface area (Å²) in [5.41, 5.74) is 1.37. The van der Waals surface area contributed by atoms with E-state index in [1.165, 1.54) is 31.2 Å². The molecule has 20 heavy (non-hydrogen) atoms. The first-order valence-corrected chi connectivity index (χ1v) is 7.72. The van der Waals surface area contributed by atoms with Crippen LogP contribution in [-0.4, -0.2) is 27.3 Å². The maximum atomic E-state index is 5.45. The smallest absolute Gasteiger partial charge is 0.160 e. The maximum absolute atomic E-state index is 5.45. The number of likely N-dealkylation sites (N-methyl/N-ethyl adjacent to an activating group) is 1. The van der Waals surface area contributed by atoms with E-state index in [2.05, 4.69) is 24.4 Å². The van der Waals surface area contributed by atoms with Crippen LogP contribution in [0.15, 0.2) is 18.2 Å². The Balaban J connectivity index is 2.22. The highest BCUT2D eigenvalue weighted by molar-refractivity contribution is 5.44. The lowest BCUT2D eigenvalue weighted by Gasteiger charge is -2.25. The van der Waals surface area contributed by atoms with Crippen molar-refractivity contribution in [1.29, 1.82) is 0 Å². The number of methoxy groups -OCH3 is 2. The van der Waals surface area contributed by atoms with Crippen LogP contribution in [0.5, 0.6) is 11.5 Å². The van der Waals surface area contributed by atoms with Gasteiger partial charge in [-0.05, 0) is 48.9 Å². The van der Waals surface area contributed by atoms with Gasteiger partial charge in [0.05, 0.1) is 14.2 Å². The molecule has 3 nitrogen and oxygen atoms in total. The molecule has 1 N–H and O–H groups in total. The molecule has 0 saturated heterocycles. The van der Waals surface area contributed by atoms with Crippen LogP contribution in [0.25, 0.3) is 0 Å². The van der Waals surface area contributed by atoms with Gasteiger partial charge < -0.3 is 14.8 Å². The zero-order chi connectivity index (χ0) is 14.4. The fourth-order valence-corrected chi connectivity index (χ4v) is 3.30. The molecule has 1 fully saturated rings. The van der Waals surface area contributed by atoms with Gasteiger partial charge in [-0.15, -0.1) is 0 Å². The lowest BCUT2D eigenvalue weighted by atomic mass is 9.84. The van der Waals surface area contributed by atoms with Gasteiger partial charge in [0.1, 0.15) is 0 Å². The predicted molar refractivity (Wildman–Crippen MR) is 82.8 cm³/mol. The minimum Gasteiger partial charge on any atom is -0.493 e. The van der Waals surface area contributed by atoms with Crippen LogP contribution in [0.2, 0.25) is 0 Å². The first kappa shape index (κ1) is 15.2. The Morgan fingerprint density at radius 3 is 2.45 bits per heavy atom. The normalized spacial score (nSPS) is 17.1. The van der Waals surface area contributed by atoms with Crippen molar-refractivity contribution < 1.29 is 9.47 Å². The van der Waals surface area contributed by atoms with E-state index in [0.717, 1.165) is 30.5 Å². The predicted octanol–water partition coefficient (Wildman–Crippen LogP) is 3.59. The van der Waals surface area contributed by atoms with Gasteiger partial charge in [-0.1, -0.05) is 25.8 Å². The van der Waals surface area contributed by atoms with Crippen LogP contribution < -0.4 is 14.8 Å². The minimum atomic E-state index is 0.581. The molecule has 0 amide bonds. The van der Waals surface area contributed by atoms with Crippen LogP contribution in [0.4, 0.5) is 0 Å². The average Bonchev–Trinajstić information content (AvgIpc) is 3.01. The molecule has 1 atom stereocenters. The van der Waals surface area contributed by atoms with Crippen molar-refractivity contribution in [2.24, 2.45) is 5.92 Å². The Bertz CT molecular complexity index is 413. The lowest BCUT2D eigenvalue weighted by molar-refractivity contribution is 0.352. The molecule has 1 aromatic carbocycles. The van der Waals surface area contributed by atoms with Crippen molar-refractivity contribution in [3.05, 3.63) is 23.8 Å². The van der Waals surface area contributed by atoms with E-state index in [0.29, 0.717) is 5.92 Å². The third-order valence-electron chi connectivity index (χ3n) is 4.42. The van der Waals surface area contributed by atoms with Gasteiger partial charge >= 0.3 is 0 Å². The summed E-state index contributed by atoms with van der Waals surface area (Å²) in [6, 6.07) is 6.38. The van der Waals surface area contributed by atoms with Crippen molar-refractivity contribution in [3.8, 4) is 11.5 Å². The Morgan fingerprint density at radius 2 is 1.85 bits per heavy atom. The van der Waals surface area contributed by atoms with Crippen molar-refractivity contribution in [1.82, 2.24) is 5.32 Å². The van der Waals surface area contributed by atoms with E-state index in [-0.39, 0.29) is 0 Å². The molecule has 1 unspecified atom stereocenters. The van der Waals surface area contributed by atoms with E-state index in [9.17, 15) is 0 Å². The van der Waals surface area contributed by atoms with Crippen LogP contribution >= 0.6 is 0 Å². The number of benzene rings is 1. The van der Waals surface area contributed by atoms with Crippen molar-refractivity contribution >= 4 is 0 Å². The van der Waals surface area contributed by atoms with Gasteiger partial charge in [-0.25, -0.2) is 0 Å². The standard InChI is InChI=1S/C17H27NO2/c1-4-18-12-15(13-7-5-6-8-13)14-9-10-16(19-2)17(11-14)20-3/h9-11,13,15,18H,4-8,12H2,1-3H3. The number of hydrogen-bond donors (Lipinski definition) is 1. The van der Waals surface area contributed by atoms with Gasteiger partial charge in [0, 0.05) is 6.54 Å². The number of nitrogens with one attached hydrogen (secondary N) is 1. The van der Waals surface area contributed by atoms with E-state index < -0.39 is 0 Å². The monoisotopic (exact) mass is 277 g/mol. The molecule has 1 aliphatic rings. The highest BCUT2D eigenvalue weighted by atomic mass is 16.5. The SMILES string of the molecule is CCNCC(c1ccc(OC)c(OC)c1)C1CCCC1. The van der Waals surface area contributed by atoms with E-state index in [1.54, 1.807) is 14.2 Å². The summed E-state index contributed by atoms with van der Waals surface area (Å²) in [4.78, 5) is 0. The maximum Gasteiger partial charge on any atom is 0.160 e. The molecule has 0 spiro atoms. The fraction of sp³-hybridized carbons (Fsp3) is 0.647. The second-order valence-electron chi connectivity index (χ2n) is 5.57. The molecule has 3 heteroatoms. The fourth-order valence-electron chi connectivity index (χ4n) is 3.30. The van der Waals surface area contributed by atoms with Gasteiger partial charge in [0.2, 0.25) is 0 Å². The molecule has 2 rings (SSSR count). The Morgan fingerprint density at radius 1 is 1.15 bits per heavy atom. The molecule has 0 radical (unpaired) electrons. The Kier molecular flexibility index (Phi) is 5.72. The molecule has 0 heterocycles. The molecule has 1 saturated carbocycles. The van der Waals surface area contributed by atoms with Crippen molar-refractivity contribution in [3.63, 3.8) is 0 Å². The molecule has 1 aliphatic carbocycles.